The monoisotopic (exact) mass is 331 g/mol. The van der Waals surface area contributed by atoms with Crippen LogP contribution in [0.3, 0.4) is 0 Å². The molecule has 0 radical (unpaired) electrons. The van der Waals surface area contributed by atoms with Crippen LogP contribution in [0.1, 0.15) is 43.6 Å². The minimum absolute atomic E-state index is 0.184. The summed E-state index contributed by atoms with van der Waals surface area (Å²) in [6, 6.07) is 7.99. The fraction of sp³-hybridized carbons (Fsp3) is 0.550. The molecule has 2 rings (SSSR count). The fourth-order valence-electron chi connectivity index (χ4n) is 3.07. The Morgan fingerprint density at radius 3 is 2.46 bits per heavy atom. The first-order chi connectivity index (χ1) is 11.6. The molecule has 1 aromatic rings. The van der Waals surface area contributed by atoms with Crippen LogP contribution in [0.15, 0.2) is 36.9 Å². The van der Waals surface area contributed by atoms with Crippen molar-refractivity contribution in [1.29, 1.82) is 0 Å². The molecule has 0 aromatic heterocycles. The molecule has 0 bridgehead atoms. The maximum Gasteiger partial charge on any atom is 0.312 e. The van der Waals surface area contributed by atoms with Crippen molar-refractivity contribution in [3.63, 3.8) is 0 Å². The summed E-state index contributed by atoms with van der Waals surface area (Å²) in [6.45, 7) is 5.04. The van der Waals surface area contributed by atoms with Crippen LogP contribution in [0.2, 0.25) is 0 Å². The van der Waals surface area contributed by atoms with E-state index < -0.39 is 0 Å². The van der Waals surface area contributed by atoms with Gasteiger partial charge in [-0.05, 0) is 63.4 Å². The van der Waals surface area contributed by atoms with Crippen molar-refractivity contribution < 1.29 is 14.3 Å². The third-order valence-electron chi connectivity index (χ3n) is 4.47. The molecule has 0 saturated heterocycles. The van der Waals surface area contributed by atoms with Crippen LogP contribution in [0, 0.1) is 0 Å². The molecular weight excluding hydrogens is 302 g/mol. The van der Waals surface area contributed by atoms with Crippen molar-refractivity contribution in [1.82, 2.24) is 4.90 Å². The quantitative estimate of drug-likeness (QED) is 0.413. The number of hydrogen-bond acceptors (Lipinski definition) is 4. The predicted molar refractivity (Wildman–Crippen MR) is 96.4 cm³/mol. The van der Waals surface area contributed by atoms with Gasteiger partial charge in [-0.1, -0.05) is 18.2 Å². The molecule has 0 unspecified atom stereocenters. The summed E-state index contributed by atoms with van der Waals surface area (Å²) in [5, 5.41) is 0. The van der Waals surface area contributed by atoms with Gasteiger partial charge in [0.25, 0.3) is 0 Å². The summed E-state index contributed by atoms with van der Waals surface area (Å²) >= 11 is 0. The van der Waals surface area contributed by atoms with Gasteiger partial charge in [-0.25, -0.2) is 0 Å². The zero-order valence-corrected chi connectivity index (χ0v) is 14.9. The van der Waals surface area contributed by atoms with Crippen LogP contribution in [0.25, 0.3) is 0 Å². The first kappa shape index (κ1) is 18.7. The lowest BCUT2D eigenvalue weighted by Gasteiger charge is -2.28. The molecule has 1 aliphatic rings. The van der Waals surface area contributed by atoms with E-state index in [1.54, 1.807) is 0 Å². The summed E-state index contributed by atoms with van der Waals surface area (Å²) in [7, 11) is 3.89. The Bertz CT molecular complexity index is 516. The lowest BCUT2D eigenvalue weighted by atomic mass is 9.83. The summed E-state index contributed by atoms with van der Waals surface area (Å²) < 4.78 is 11.1. The molecule has 1 aliphatic carbocycles. The second kappa shape index (κ2) is 9.60. The molecule has 4 nitrogen and oxygen atoms in total. The highest BCUT2D eigenvalue weighted by molar-refractivity contribution is 5.72. The van der Waals surface area contributed by atoms with E-state index in [2.05, 4.69) is 18.7 Å². The van der Waals surface area contributed by atoms with Crippen molar-refractivity contribution in [2.24, 2.45) is 0 Å². The highest BCUT2D eigenvalue weighted by Crippen LogP contribution is 2.34. The molecule has 0 N–H and O–H groups in total. The molecule has 1 aromatic carbocycles. The van der Waals surface area contributed by atoms with E-state index >= 15 is 0 Å². The van der Waals surface area contributed by atoms with Crippen molar-refractivity contribution in [3.8, 4) is 5.75 Å². The molecule has 4 heteroatoms. The molecule has 132 valence electrons. The highest BCUT2D eigenvalue weighted by atomic mass is 16.5. The maximum absolute atomic E-state index is 11.8. The largest absolute Gasteiger partial charge is 0.426 e. The topological polar surface area (TPSA) is 38.8 Å². The Balaban J connectivity index is 1.80. The zero-order valence-electron chi connectivity index (χ0n) is 14.9. The molecule has 0 atom stereocenters. The highest BCUT2D eigenvalue weighted by Gasteiger charge is 2.22. The van der Waals surface area contributed by atoms with Crippen LogP contribution >= 0.6 is 0 Å². The standard InChI is InChI=1S/C20H29NO3/c1-4-15-23-18-9-5-16(6-10-18)17-7-11-19(12-8-17)24-20(22)13-14-21(2)3/h4,7-8,11-12,16,18H,1,5-6,9-10,13-15H2,2-3H3. The Kier molecular flexibility index (Phi) is 7.47. The van der Waals surface area contributed by atoms with Gasteiger partial charge in [0.2, 0.25) is 0 Å². The SMILES string of the molecule is C=CCOC1CCC(c2ccc(OC(=O)CCN(C)C)cc2)CC1. The van der Waals surface area contributed by atoms with E-state index in [4.69, 9.17) is 9.47 Å². The molecule has 0 amide bonds. The molecule has 0 aliphatic heterocycles. The van der Waals surface area contributed by atoms with Gasteiger partial charge in [0.05, 0.1) is 19.1 Å². The first-order valence-corrected chi connectivity index (χ1v) is 8.76. The van der Waals surface area contributed by atoms with Gasteiger partial charge in [-0.2, -0.15) is 0 Å². The van der Waals surface area contributed by atoms with Crippen molar-refractivity contribution in [2.45, 2.75) is 44.1 Å². The number of esters is 1. The smallest absolute Gasteiger partial charge is 0.312 e. The van der Waals surface area contributed by atoms with Gasteiger partial charge in [0, 0.05) is 6.54 Å². The molecular formula is C20H29NO3. The molecule has 1 fully saturated rings. The van der Waals surface area contributed by atoms with E-state index in [1.165, 1.54) is 5.56 Å². The second-order valence-electron chi connectivity index (χ2n) is 6.69. The number of carbonyl (C=O) groups is 1. The summed E-state index contributed by atoms with van der Waals surface area (Å²) in [5.41, 5.74) is 1.32. The Morgan fingerprint density at radius 2 is 1.88 bits per heavy atom. The lowest BCUT2D eigenvalue weighted by molar-refractivity contribution is -0.134. The Labute approximate surface area is 145 Å². The van der Waals surface area contributed by atoms with E-state index in [0.717, 1.165) is 25.7 Å². The van der Waals surface area contributed by atoms with Crippen LogP contribution in [0.5, 0.6) is 5.75 Å². The summed E-state index contributed by atoms with van der Waals surface area (Å²) in [5.74, 6) is 1.02. The number of hydrogen-bond donors (Lipinski definition) is 0. The van der Waals surface area contributed by atoms with Crippen LogP contribution in [0.4, 0.5) is 0 Å². The minimum atomic E-state index is -0.184. The Morgan fingerprint density at radius 1 is 1.21 bits per heavy atom. The first-order valence-electron chi connectivity index (χ1n) is 8.76. The van der Waals surface area contributed by atoms with E-state index in [-0.39, 0.29) is 5.97 Å². The normalized spacial score (nSPS) is 20.8. The van der Waals surface area contributed by atoms with E-state index in [0.29, 0.717) is 37.3 Å². The number of ether oxygens (including phenoxy) is 2. The van der Waals surface area contributed by atoms with Crippen molar-refractivity contribution in [2.75, 3.05) is 27.2 Å². The molecule has 0 spiro atoms. The van der Waals surface area contributed by atoms with Crippen LogP contribution in [-0.4, -0.2) is 44.2 Å². The lowest BCUT2D eigenvalue weighted by Crippen LogP contribution is -2.21. The zero-order chi connectivity index (χ0) is 17.4. The predicted octanol–water partition coefficient (Wildman–Crippen LogP) is 3.77. The molecule has 0 heterocycles. The second-order valence-corrected chi connectivity index (χ2v) is 6.69. The molecule has 1 saturated carbocycles. The van der Waals surface area contributed by atoms with Gasteiger partial charge in [-0.15, -0.1) is 6.58 Å². The molecule has 24 heavy (non-hydrogen) atoms. The van der Waals surface area contributed by atoms with Gasteiger partial charge >= 0.3 is 5.97 Å². The maximum atomic E-state index is 11.8. The van der Waals surface area contributed by atoms with Gasteiger partial charge in [0.1, 0.15) is 5.75 Å². The van der Waals surface area contributed by atoms with Gasteiger partial charge in [-0.3, -0.25) is 4.79 Å². The average Bonchev–Trinajstić information content (AvgIpc) is 2.59. The third-order valence-corrected chi connectivity index (χ3v) is 4.47. The average molecular weight is 331 g/mol. The number of carbonyl (C=O) groups excluding carboxylic acids is 1. The van der Waals surface area contributed by atoms with E-state index in [9.17, 15) is 4.79 Å². The fourth-order valence-corrected chi connectivity index (χ4v) is 3.07. The minimum Gasteiger partial charge on any atom is -0.426 e. The van der Waals surface area contributed by atoms with Gasteiger partial charge < -0.3 is 14.4 Å². The van der Waals surface area contributed by atoms with Crippen molar-refractivity contribution >= 4 is 5.97 Å². The summed E-state index contributed by atoms with van der Waals surface area (Å²) in [4.78, 5) is 13.7. The summed E-state index contributed by atoms with van der Waals surface area (Å²) in [6.07, 6.45) is 7.07. The van der Waals surface area contributed by atoms with Crippen molar-refractivity contribution in [3.05, 3.63) is 42.5 Å². The third kappa shape index (κ3) is 6.10. The number of benzene rings is 1. The van der Waals surface area contributed by atoms with Gasteiger partial charge in [0.15, 0.2) is 0 Å². The van der Waals surface area contributed by atoms with E-state index in [1.807, 2.05) is 37.2 Å². The number of nitrogens with zero attached hydrogens (tertiary/aromatic N) is 1. The van der Waals surface area contributed by atoms with Crippen LogP contribution < -0.4 is 4.74 Å². The number of rotatable bonds is 8. The Hall–Kier alpha value is -1.65. The van der Waals surface area contributed by atoms with Crippen LogP contribution in [-0.2, 0) is 9.53 Å².